The normalized spacial score (nSPS) is 26.0. The average Bonchev–Trinajstić information content (AvgIpc) is 2.48. The van der Waals surface area contributed by atoms with Crippen molar-refractivity contribution in [3.05, 3.63) is 35.4 Å². The van der Waals surface area contributed by atoms with Crippen molar-refractivity contribution in [3.63, 3.8) is 0 Å². The number of carbonyl (C=O) groups is 1. The van der Waals surface area contributed by atoms with Gasteiger partial charge in [0.05, 0.1) is 25.9 Å². The number of rotatable bonds is 4. The van der Waals surface area contributed by atoms with Crippen molar-refractivity contribution in [2.24, 2.45) is 0 Å². The lowest BCUT2D eigenvalue weighted by Gasteiger charge is -2.27. The molecule has 1 N–H and O–H groups in total. The highest BCUT2D eigenvalue weighted by Crippen LogP contribution is 2.30. The van der Waals surface area contributed by atoms with Gasteiger partial charge in [0.2, 0.25) is 0 Å². The molecular formula is C16H21NO3. The van der Waals surface area contributed by atoms with Crippen molar-refractivity contribution >= 4 is 5.78 Å². The number of morpholine rings is 1. The molecule has 2 aliphatic heterocycles. The standard InChI is InChI=1S/C16H21NO3/c18-14(9-13-11-19-8-6-17-13)10-16-15-4-2-1-3-12(15)5-7-20-16/h1-4,13,16-17H,5-11H2. The molecule has 4 heteroatoms. The highest BCUT2D eigenvalue weighted by atomic mass is 16.5. The Bertz CT molecular complexity index is 469. The monoisotopic (exact) mass is 275 g/mol. The molecule has 0 radical (unpaired) electrons. The molecule has 2 unspecified atom stereocenters. The quantitative estimate of drug-likeness (QED) is 0.907. The van der Waals surface area contributed by atoms with Gasteiger partial charge in [0, 0.05) is 25.4 Å². The van der Waals surface area contributed by atoms with Crippen LogP contribution in [-0.4, -0.2) is 38.2 Å². The van der Waals surface area contributed by atoms with Crippen LogP contribution < -0.4 is 5.32 Å². The van der Waals surface area contributed by atoms with Crippen LogP contribution in [-0.2, 0) is 20.7 Å². The zero-order valence-corrected chi connectivity index (χ0v) is 11.6. The molecule has 2 atom stereocenters. The Morgan fingerprint density at radius 3 is 3.00 bits per heavy atom. The van der Waals surface area contributed by atoms with Gasteiger partial charge in [-0.3, -0.25) is 4.79 Å². The van der Waals surface area contributed by atoms with Crippen molar-refractivity contribution in [2.45, 2.75) is 31.4 Å². The molecule has 0 aliphatic carbocycles. The van der Waals surface area contributed by atoms with Gasteiger partial charge in [0.25, 0.3) is 0 Å². The molecule has 2 heterocycles. The second kappa shape index (κ2) is 6.48. The summed E-state index contributed by atoms with van der Waals surface area (Å²) in [5.74, 6) is 0.245. The summed E-state index contributed by atoms with van der Waals surface area (Å²) in [5.41, 5.74) is 2.50. The number of benzene rings is 1. The van der Waals surface area contributed by atoms with E-state index in [0.717, 1.165) is 19.6 Å². The maximum absolute atomic E-state index is 12.2. The van der Waals surface area contributed by atoms with Crippen molar-refractivity contribution in [3.8, 4) is 0 Å². The summed E-state index contributed by atoms with van der Waals surface area (Å²) in [6.45, 7) is 2.91. The Kier molecular flexibility index (Phi) is 4.45. The lowest BCUT2D eigenvalue weighted by Crippen LogP contribution is -2.42. The van der Waals surface area contributed by atoms with Crippen LogP contribution >= 0.6 is 0 Å². The Morgan fingerprint density at radius 2 is 2.15 bits per heavy atom. The molecule has 0 amide bonds. The molecule has 0 aromatic heterocycles. The number of hydrogen-bond donors (Lipinski definition) is 1. The molecule has 1 aromatic carbocycles. The fourth-order valence-electron chi connectivity index (χ4n) is 2.96. The summed E-state index contributed by atoms with van der Waals surface area (Å²) in [6, 6.07) is 8.43. The van der Waals surface area contributed by atoms with Gasteiger partial charge in [-0.05, 0) is 17.5 Å². The predicted molar refractivity (Wildman–Crippen MR) is 75.7 cm³/mol. The fourth-order valence-corrected chi connectivity index (χ4v) is 2.96. The van der Waals surface area contributed by atoms with E-state index in [4.69, 9.17) is 9.47 Å². The zero-order chi connectivity index (χ0) is 13.8. The second-order valence-corrected chi connectivity index (χ2v) is 5.48. The second-order valence-electron chi connectivity index (χ2n) is 5.48. The minimum atomic E-state index is -0.0723. The topological polar surface area (TPSA) is 47.6 Å². The number of carbonyl (C=O) groups excluding carboxylic acids is 1. The average molecular weight is 275 g/mol. The van der Waals surface area contributed by atoms with Crippen LogP contribution in [0.25, 0.3) is 0 Å². The van der Waals surface area contributed by atoms with E-state index in [1.807, 2.05) is 12.1 Å². The van der Waals surface area contributed by atoms with Crippen LogP contribution in [0, 0.1) is 0 Å². The van der Waals surface area contributed by atoms with E-state index in [1.165, 1.54) is 11.1 Å². The summed E-state index contributed by atoms with van der Waals surface area (Å²) in [5, 5.41) is 3.32. The van der Waals surface area contributed by atoms with E-state index in [2.05, 4.69) is 17.4 Å². The van der Waals surface area contributed by atoms with Gasteiger partial charge in [-0.25, -0.2) is 0 Å². The molecule has 20 heavy (non-hydrogen) atoms. The fraction of sp³-hybridized carbons (Fsp3) is 0.562. The van der Waals surface area contributed by atoms with Gasteiger partial charge in [-0.15, -0.1) is 0 Å². The van der Waals surface area contributed by atoms with Crippen LogP contribution in [0.5, 0.6) is 0 Å². The summed E-state index contributed by atoms with van der Waals surface area (Å²) < 4.78 is 11.2. The maximum Gasteiger partial charge on any atom is 0.137 e. The first-order valence-electron chi connectivity index (χ1n) is 7.35. The summed E-state index contributed by atoms with van der Waals surface area (Å²) in [6.07, 6.45) is 1.87. The third-order valence-electron chi connectivity index (χ3n) is 3.98. The van der Waals surface area contributed by atoms with E-state index < -0.39 is 0 Å². The zero-order valence-electron chi connectivity index (χ0n) is 11.6. The lowest BCUT2D eigenvalue weighted by molar-refractivity contribution is -0.123. The Labute approximate surface area is 119 Å². The van der Waals surface area contributed by atoms with Crippen molar-refractivity contribution in [2.75, 3.05) is 26.4 Å². The number of Topliss-reactive ketones (excluding diaryl/α,β-unsaturated/α-hetero) is 1. The molecule has 2 aliphatic rings. The van der Waals surface area contributed by atoms with E-state index in [9.17, 15) is 4.79 Å². The predicted octanol–water partition coefficient (Wildman–Crippen LogP) is 1.64. The SMILES string of the molecule is O=C(CC1COCCN1)CC1OCCc2ccccc21. The molecule has 3 rings (SSSR count). The number of ketones is 1. The molecule has 1 aromatic rings. The third-order valence-corrected chi connectivity index (χ3v) is 3.98. The van der Waals surface area contributed by atoms with E-state index in [1.54, 1.807) is 0 Å². The molecule has 0 spiro atoms. The number of ether oxygens (including phenoxy) is 2. The summed E-state index contributed by atoms with van der Waals surface area (Å²) in [4.78, 5) is 12.2. The van der Waals surface area contributed by atoms with Crippen LogP contribution in [0.3, 0.4) is 0 Å². The van der Waals surface area contributed by atoms with Gasteiger partial charge in [-0.1, -0.05) is 24.3 Å². The first-order valence-corrected chi connectivity index (χ1v) is 7.35. The van der Waals surface area contributed by atoms with Crippen molar-refractivity contribution in [1.82, 2.24) is 5.32 Å². The van der Waals surface area contributed by atoms with Gasteiger partial charge in [0.1, 0.15) is 5.78 Å². The highest BCUT2D eigenvalue weighted by Gasteiger charge is 2.25. The molecule has 1 fully saturated rings. The van der Waals surface area contributed by atoms with Crippen molar-refractivity contribution < 1.29 is 14.3 Å². The van der Waals surface area contributed by atoms with Crippen LogP contribution in [0.15, 0.2) is 24.3 Å². The van der Waals surface area contributed by atoms with Gasteiger partial charge in [0.15, 0.2) is 0 Å². The maximum atomic E-state index is 12.2. The van der Waals surface area contributed by atoms with Crippen LogP contribution in [0.1, 0.15) is 30.1 Å². The van der Waals surface area contributed by atoms with E-state index in [0.29, 0.717) is 26.1 Å². The third kappa shape index (κ3) is 3.26. The highest BCUT2D eigenvalue weighted by molar-refractivity contribution is 5.79. The number of hydrogen-bond acceptors (Lipinski definition) is 4. The first-order chi connectivity index (χ1) is 9.83. The molecule has 1 saturated heterocycles. The summed E-state index contributed by atoms with van der Waals surface area (Å²) in [7, 11) is 0. The molecular weight excluding hydrogens is 254 g/mol. The number of nitrogens with one attached hydrogen (secondary N) is 1. The van der Waals surface area contributed by atoms with Gasteiger partial charge < -0.3 is 14.8 Å². The summed E-state index contributed by atoms with van der Waals surface area (Å²) >= 11 is 0. The largest absolute Gasteiger partial charge is 0.379 e. The Morgan fingerprint density at radius 1 is 1.25 bits per heavy atom. The Balaban J connectivity index is 1.59. The van der Waals surface area contributed by atoms with E-state index >= 15 is 0 Å². The molecule has 0 saturated carbocycles. The van der Waals surface area contributed by atoms with Crippen molar-refractivity contribution in [1.29, 1.82) is 0 Å². The minimum Gasteiger partial charge on any atom is -0.379 e. The Hall–Kier alpha value is -1.23. The number of fused-ring (bicyclic) bond motifs is 1. The van der Waals surface area contributed by atoms with Gasteiger partial charge in [-0.2, -0.15) is 0 Å². The van der Waals surface area contributed by atoms with Crippen LogP contribution in [0.4, 0.5) is 0 Å². The molecule has 4 nitrogen and oxygen atoms in total. The smallest absolute Gasteiger partial charge is 0.137 e. The van der Waals surface area contributed by atoms with Gasteiger partial charge >= 0.3 is 0 Å². The first kappa shape index (κ1) is 13.7. The molecule has 108 valence electrons. The van der Waals surface area contributed by atoms with E-state index in [-0.39, 0.29) is 17.9 Å². The molecule has 0 bridgehead atoms. The minimum absolute atomic E-state index is 0.0723. The van der Waals surface area contributed by atoms with Crippen LogP contribution in [0.2, 0.25) is 0 Å². The lowest BCUT2D eigenvalue weighted by atomic mass is 9.93.